The highest BCUT2D eigenvalue weighted by atomic mass is 16.6. The van der Waals surface area contributed by atoms with Crippen molar-refractivity contribution < 1.29 is 24.8 Å². The summed E-state index contributed by atoms with van der Waals surface area (Å²) in [6.45, 7) is 0.0401. The van der Waals surface area contributed by atoms with Gasteiger partial charge < -0.3 is 35.1 Å². The van der Waals surface area contributed by atoms with E-state index in [9.17, 15) is 15.3 Å². The third-order valence-corrected chi connectivity index (χ3v) is 6.53. The van der Waals surface area contributed by atoms with Crippen molar-refractivity contribution in [3.8, 4) is 22.8 Å². The van der Waals surface area contributed by atoms with Gasteiger partial charge in [0.1, 0.15) is 24.1 Å². The highest BCUT2D eigenvalue weighted by Crippen LogP contribution is 2.33. The standard InChI is InChI=1S/C25H26N8O5/c1-37-17-4-2-15(3-5-17)16-10-29-33(11-16)25-30-22(27-9-14-6-7-26-8-14)19-23(31-25)32(13-28-19)24-21(36)20(35)18(12-34)38-24/h2-8,10-11,13,18,20-21,24,26,34-36H,9,12H2,1H3,(H,27,30,31)/t18-,20-,21-,24-/m1/s1. The SMILES string of the molecule is COc1ccc(-c2cnn(-c3nc(NCc4cc[nH]c4)c4ncn([C@@H]5O[C@H](CO)[C@@H](O)[C@H]5O)c4n3)c2)cc1. The minimum Gasteiger partial charge on any atom is -0.497 e. The Morgan fingerprint density at radius 1 is 1.11 bits per heavy atom. The van der Waals surface area contributed by atoms with E-state index in [-0.39, 0.29) is 5.95 Å². The van der Waals surface area contributed by atoms with E-state index in [1.165, 1.54) is 10.9 Å². The predicted octanol–water partition coefficient (Wildman–Crippen LogP) is 1.24. The van der Waals surface area contributed by atoms with Crippen LogP contribution < -0.4 is 10.1 Å². The normalized spacial score (nSPS) is 21.3. The van der Waals surface area contributed by atoms with E-state index in [2.05, 4.69) is 30.4 Å². The number of methoxy groups -OCH3 is 1. The van der Waals surface area contributed by atoms with Gasteiger partial charge in [-0.15, -0.1) is 0 Å². The minimum atomic E-state index is -1.29. The Bertz CT molecular complexity index is 1530. The first-order chi connectivity index (χ1) is 18.6. The van der Waals surface area contributed by atoms with Crippen LogP contribution in [0.3, 0.4) is 0 Å². The van der Waals surface area contributed by atoms with Crippen molar-refractivity contribution in [1.82, 2.24) is 34.3 Å². The van der Waals surface area contributed by atoms with Crippen LogP contribution in [0.25, 0.3) is 28.2 Å². The third-order valence-electron chi connectivity index (χ3n) is 6.53. The first-order valence-electron chi connectivity index (χ1n) is 12.0. The number of aliphatic hydroxyl groups excluding tert-OH is 3. The molecule has 196 valence electrons. The molecule has 4 aromatic heterocycles. The fourth-order valence-corrected chi connectivity index (χ4v) is 4.45. The number of anilines is 1. The van der Waals surface area contributed by atoms with Gasteiger partial charge in [0, 0.05) is 30.7 Å². The number of hydrogen-bond donors (Lipinski definition) is 5. The lowest BCUT2D eigenvalue weighted by atomic mass is 10.1. The monoisotopic (exact) mass is 518 g/mol. The Balaban J connectivity index is 1.41. The number of aromatic nitrogens is 7. The van der Waals surface area contributed by atoms with E-state index >= 15 is 0 Å². The first-order valence-corrected chi connectivity index (χ1v) is 12.0. The topological polar surface area (TPSA) is 168 Å². The summed E-state index contributed by atoms with van der Waals surface area (Å²) in [5, 5.41) is 38.2. The van der Waals surface area contributed by atoms with Crippen molar-refractivity contribution in [2.75, 3.05) is 19.0 Å². The van der Waals surface area contributed by atoms with E-state index in [4.69, 9.17) is 9.47 Å². The molecular weight excluding hydrogens is 492 g/mol. The zero-order valence-corrected chi connectivity index (χ0v) is 20.3. The number of rotatable bonds is 8. The zero-order chi connectivity index (χ0) is 26.2. The number of fused-ring (bicyclic) bond motifs is 1. The number of aromatic amines is 1. The van der Waals surface area contributed by atoms with Crippen molar-refractivity contribution in [2.24, 2.45) is 0 Å². The molecule has 6 rings (SSSR count). The lowest BCUT2D eigenvalue weighted by Gasteiger charge is -2.17. The van der Waals surface area contributed by atoms with Crippen LogP contribution in [-0.4, -0.2) is 81.6 Å². The number of nitrogens with one attached hydrogen (secondary N) is 2. The number of imidazole rings is 1. The lowest BCUT2D eigenvalue weighted by Crippen LogP contribution is -2.33. The summed E-state index contributed by atoms with van der Waals surface area (Å²) in [5.74, 6) is 1.48. The molecule has 0 bridgehead atoms. The molecule has 1 aliphatic heterocycles. The summed E-state index contributed by atoms with van der Waals surface area (Å²) >= 11 is 0. The van der Waals surface area contributed by atoms with Crippen LogP contribution in [-0.2, 0) is 11.3 Å². The molecule has 13 heteroatoms. The van der Waals surface area contributed by atoms with Crippen LogP contribution in [0, 0.1) is 0 Å². The molecule has 5 N–H and O–H groups in total. The summed E-state index contributed by atoms with van der Waals surface area (Å²) in [5.41, 5.74) is 3.63. The largest absolute Gasteiger partial charge is 0.497 e. The fourth-order valence-electron chi connectivity index (χ4n) is 4.45. The Hall–Kier alpha value is -4.30. The molecule has 1 saturated heterocycles. The van der Waals surface area contributed by atoms with Crippen LogP contribution in [0.2, 0.25) is 0 Å². The quantitative estimate of drug-likeness (QED) is 0.201. The molecule has 13 nitrogen and oxygen atoms in total. The summed E-state index contributed by atoms with van der Waals surface area (Å²) in [6.07, 6.45) is 4.23. The van der Waals surface area contributed by atoms with Gasteiger partial charge in [-0.1, -0.05) is 12.1 Å². The van der Waals surface area contributed by atoms with Gasteiger partial charge in [-0.2, -0.15) is 15.1 Å². The molecule has 4 atom stereocenters. The van der Waals surface area contributed by atoms with Crippen molar-refractivity contribution in [1.29, 1.82) is 0 Å². The molecule has 0 unspecified atom stereocenters. The number of hydrogen-bond acceptors (Lipinski definition) is 10. The lowest BCUT2D eigenvalue weighted by molar-refractivity contribution is -0.0511. The van der Waals surface area contributed by atoms with Gasteiger partial charge >= 0.3 is 0 Å². The maximum atomic E-state index is 10.6. The van der Waals surface area contributed by atoms with E-state index < -0.39 is 31.1 Å². The second-order valence-corrected chi connectivity index (χ2v) is 8.90. The van der Waals surface area contributed by atoms with Gasteiger partial charge in [-0.05, 0) is 29.3 Å². The van der Waals surface area contributed by atoms with E-state index in [1.54, 1.807) is 18.0 Å². The first kappa shape index (κ1) is 24.1. The Kier molecular flexibility index (Phi) is 6.25. The highest BCUT2D eigenvalue weighted by Gasteiger charge is 2.44. The summed E-state index contributed by atoms with van der Waals surface area (Å²) in [4.78, 5) is 16.9. The number of nitrogens with zero attached hydrogens (tertiary/aromatic N) is 6. The number of aliphatic hydroxyl groups is 3. The van der Waals surface area contributed by atoms with Gasteiger partial charge in [-0.3, -0.25) is 4.57 Å². The van der Waals surface area contributed by atoms with Crippen LogP contribution in [0.4, 0.5) is 5.82 Å². The van der Waals surface area contributed by atoms with Gasteiger partial charge in [0.2, 0.25) is 0 Å². The van der Waals surface area contributed by atoms with E-state index in [0.717, 1.165) is 22.4 Å². The number of benzene rings is 1. The number of H-pyrrole nitrogens is 1. The van der Waals surface area contributed by atoms with Gasteiger partial charge in [0.25, 0.3) is 5.95 Å². The smallest absolute Gasteiger partial charge is 0.254 e. The predicted molar refractivity (Wildman–Crippen MR) is 136 cm³/mol. The second kappa shape index (κ2) is 9.87. The highest BCUT2D eigenvalue weighted by molar-refractivity contribution is 5.83. The molecule has 0 spiro atoms. The average molecular weight is 519 g/mol. The Labute approximate surface area is 216 Å². The van der Waals surface area contributed by atoms with Crippen molar-refractivity contribution in [3.63, 3.8) is 0 Å². The molecule has 0 amide bonds. The van der Waals surface area contributed by atoms with Crippen LogP contribution in [0.5, 0.6) is 5.75 Å². The zero-order valence-electron chi connectivity index (χ0n) is 20.3. The van der Waals surface area contributed by atoms with Gasteiger partial charge in [0.05, 0.1) is 26.2 Å². The van der Waals surface area contributed by atoms with E-state index in [1.807, 2.05) is 48.9 Å². The van der Waals surface area contributed by atoms with Crippen molar-refractivity contribution in [3.05, 3.63) is 67.0 Å². The maximum Gasteiger partial charge on any atom is 0.254 e. The molecule has 5 heterocycles. The molecule has 38 heavy (non-hydrogen) atoms. The molecule has 0 radical (unpaired) electrons. The Morgan fingerprint density at radius 2 is 1.95 bits per heavy atom. The van der Waals surface area contributed by atoms with Crippen molar-refractivity contribution >= 4 is 17.0 Å². The molecular formula is C25H26N8O5. The average Bonchev–Trinajstić information content (AvgIpc) is 3.75. The van der Waals surface area contributed by atoms with Crippen LogP contribution in [0.15, 0.2) is 61.4 Å². The van der Waals surface area contributed by atoms with Crippen molar-refractivity contribution in [2.45, 2.75) is 31.1 Å². The fraction of sp³-hybridized carbons (Fsp3) is 0.280. The second-order valence-electron chi connectivity index (χ2n) is 8.90. The number of ether oxygens (including phenoxy) is 2. The molecule has 0 saturated carbocycles. The molecule has 1 fully saturated rings. The summed E-state index contributed by atoms with van der Waals surface area (Å²) in [6, 6.07) is 9.56. The van der Waals surface area contributed by atoms with E-state index in [0.29, 0.717) is 23.5 Å². The Morgan fingerprint density at radius 3 is 2.66 bits per heavy atom. The molecule has 5 aromatic rings. The summed E-state index contributed by atoms with van der Waals surface area (Å²) < 4.78 is 14.0. The van der Waals surface area contributed by atoms with Crippen LogP contribution in [0.1, 0.15) is 11.8 Å². The van der Waals surface area contributed by atoms with Gasteiger partial charge in [-0.25, -0.2) is 9.67 Å². The van der Waals surface area contributed by atoms with Crippen LogP contribution >= 0.6 is 0 Å². The molecule has 1 aromatic carbocycles. The maximum absolute atomic E-state index is 10.6. The van der Waals surface area contributed by atoms with Gasteiger partial charge in [0.15, 0.2) is 23.2 Å². The molecule has 1 aliphatic rings. The molecule has 0 aliphatic carbocycles. The minimum absolute atomic E-state index is 0.266. The summed E-state index contributed by atoms with van der Waals surface area (Å²) in [7, 11) is 1.62. The third kappa shape index (κ3) is 4.26.